The molecule has 0 spiro atoms. The van der Waals surface area contributed by atoms with E-state index < -0.39 is 24.2 Å². The molecule has 4 nitrogen and oxygen atoms in total. The van der Waals surface area contributed by atoms with E-state index in [9.17, 15) is 35.9 Å². The third kappa shape index (κ3) is 39.0. The first-order chi connectivity index (χ1) is 23.0. The lowest BCUT2D eigenvalue weighted by Crippen LogP contribution is -2.37. The number of amides is 2. The maximum Gasteiger partial charge on any atom is 0.471 e. The molecule has 0 saturated carbocycles. The van der Waals surface area contributed by atoms with E-state index in [1.165, 1.54) is 141 Å². The van der Waals surface area contributed by atoms with Crippen molar-refractivity contribution in [3.63, 3.8) is 0 Å². The fourth-order valence-electron chi connectivity index (χ4n) is 5.60. The molecule has 48 heavy (non-hydrogen) atoms. The van der Waals surface area contributed by atoms with Gasteiger partial charge in [0.15, 0.2) is 0 Å². The van der Waals surface area contributed by atoms with Crippen LogP contribution < -0.4 is 10.6 Å². The molecule has 288 valence electrons. The highest BCUT2D eigenvalue weighted by molar-refractivity contribution is 5.81. The lowest BCUT2D eigenvalue weighted by molar-refractivity contribution is -0.173. The Bertz CT molecular complexity index is 702. The number of carbonyl (C=O) groups is 2. The second-order valence-corrected chi connectivity index (χ2v) is 13.4. The third-order valence-electron chi connectivity index (χ3n) is 8.65. The summed E-state index contributed by atoms with van der Waals surface area (Å²) in [6.07, 6.45) is 27.2. The van der Waals surface area contributed by atoms with Crippen LogP contribution in [-0.4, -0.2) is 37.3 Å². The SMILES string of the molecule is CCCCCCCCCCCCCCCCCCNC(=O)C(F)(F)F.CCCCCCCCCCCCCCCCNC(=O)C(F)(F)F. The average molecular weight is 703 g/mol. The van der Waals surface area contributed by atoms with Gasteiger partial charge < -0.3 is 10.6 Å². The van der Waals surface area contributed by atoms with Crippen LogP contribution in [0, 0.1) is 0 Å². The van der Waals surface area contributed by atoms with E-state index in [2.05, 4.69) is 13.8 Å². The second kappa shape index (κ2) is 35.3. The van der Waals surface area contributed by atoms with Gasteiger partial charge in [-0.15, -0.1) is 0 Å². The summed E-state index contributed by atoms with van der Waals surface area (Å²) in [6.45, 7) is 4.73. The number of rotatable bonds is 32. The fourth-order valence-corrected chi connectivity index (χ4v) is 5.60. The first kappa shape index (κ1) is 48.6. The molecule has 0 aromatic rings. The predicted octanol–water partition coefficient (Wildman–Crippen LogP) is 13.1. The van der Waals surface area contributed by atoms with Crippen LogP contribution in [0.5, 0.6) is 0 Å². The average Bonchev–Trinajstić information content (AvgIpc) is 3.03. The largest absolute Gasteiger partial charge is 0.471 e. The summed E-state index contributed by atoms with van der Waals surface area (Å²) >= 11 is 0. The molecule has 2 amide bonds. The highest BCUT2D eigenvalue weighted by atomic mass is 19.4. The van der Waals surface area contributed by atoms with Crippen LogP contribution in [0.2, 0.25) is 0 Å². The molecule has 0 radical (unpaired) electrons. The Morgan fingerprint density at radius 3 is 0.667 bits per heavy atom. The predicted molar refractivity (Wildman–Crippen MR) is 188 cm³/mol. The number of hydrogen-bond donors (Lipinski definition) is 2. The van der Waals surface area contributed by atoms with E-state index in [4.69, 9.17) is 0 Å². The van der Waals surface area contributed by atoms with Crippen molar-refractivity contribution in [3.8, 4) is 0 Å². The van der Waals surface area contributed by atoms with Gasteiger partial charge in [-0.3, -0.25) is 9.59 Å². The fraction of sp³-hybridized carbons (Fsp3) is 0.947. The molecule has 0 aliphatic heterocycles. The molecule has 0 heterocycles. The Kier molecular flexibility index (Phi) is 35.8. The van der Waals surface area contributed by atoms with Gasteiger partial charge in [0.1, 0.15) is 0 Å². The summed E-state index contributed by atoms with van der Waals surface area (Å²) in [6, 6.07) is 0. The van der Waals surface area contributed by atoms with Gasteiger partial charge >= 0.3 is 24.2 Å². The highest BCUT2D eigenvalue weighted by Crippen LogP contribution is 2.17. The normalized spacial score (nSPS) is 11.7. The molecule has 0 aromatic heterocycles. The minimum absolute atomic E-state index is 0.121. The lowest BCUT2D eigenvalue weighted by atomic mass is 10.0. The quantitative estimate of drug-likeness (QED) is 0.0541. The van der Waals surface area contributed by atoms with Gasteiger partial charge in [0.05, 0.1) is 0 Å². The van der Waals surface area contributed by atoms with Crippen LogP contribution in [0.4, 0.5) is 26.3 Å². The van der Waals surface area contributed by atoms with E-state index in [0.717, 1.165) is 38.5 Å². The van der Waals surface area contributed by atoms with Gasteiger partial charge in [-0.2, -0.15) is 26.3 Å². The third-order valence-corrected chi connectivity index (χ3v) is 8.65. The van der Waals surface area contributed by atoms with Crippen LogP contribution in [-0.2, 0) is 9.59 Å². The molecule has 0 saturated heterocycles. The summed E-state index contributed by atoms with van der Waals surface area (Å²) < 4.78 is 71.6. The van der Waals surface area contributed by atoms with E-state index in [0.29, 0.717) is 12.8 Å². The van der Waals surface area contributed by atoms with Crippen molar-refractivity contribution in [2.24, 2.45) is 0 Å². The summed E-state index contributed by atoms with van der Waals surface area (Å²) in [5.41, 5.74) is 0. The molecular weight excluding hydrogens is 630 g/mol. The molecule has 2 N–H and O–H groups in total. The van der Waals surface area contributed by atoms with Gasteiger partial charge in [-0.25, -0.2) is 0 Å². The van der Waals surface area contributed by atoms with E-state index in [1.54, 1.807) is 0 Å². The molecule has 10 heteroatoms. The van der Waals surface area contributed by atoms with Crippen molar-refractivity contribution in [3.05, 3.63) is 0 Å². The minimum atomic E-state index is -4.75. The van der Waals surface area contributed by atoms with Crippen molar-refractivity contribution < 1.29 is 35.9 Å². The van der Waals surface area contributed by atoms with Crippen LogP contribution >= 0.6 is 0 Å². The number of halogens is 6. The molecular formula is C38H72F6N2O2. The Hall–Kier alpha value is -1.48. The molecule has 0 rings (SSSR count). The molecule has 0 bridgehead atoms. The minimum Gasteiger partial charge on any atom is -0.348 e. The zero-order valence-electron chi connectivity index (χ0n) is 30.7. The molecule has 0 aromatic carbocycles. The molecule has 0 aliphatic carbocycles. The lowest BCUT2D eigenvalue weighted by Gasteiger charge is -2.07. The number of nitrogens with one attached hydrogen (secondary N) is 2. The molecule has 0 fully saturated rings. The first-order valence-electron chi connectivity index (χ1n) is 19.7. The monoisotopic (exact) mass is 703 g/mol. The van der Waals surface area contributed by atoms with Crippen molar-refractivity contribution in [1.82, 2.24) is 10.6 Å². The van der Waals surface area contributed by atoms with Crippen LogP contribution in [0.25, 0.3) is 0 Å². The number of carbonyl (C=O) groups excluding carboxylic acids is 2. The van der Waals surface area contributed by atoms with Gasteiger partial charge in [-0.1, -0.05) is 194 Å². The standard InChI is InChI=1S/C20H38F3NO.C18H34F3NO/c1-2-3-4-5-6-7-8-9-10-11-12-13-14-15-16-17-18-24-19(25)20(21,22)23;1-2-3-4-5-6-7-8-9-10-11-12-13-14-15-16-22-17(23)18(19,20)21/h2-18H2,1H3,(H,24,25);2-16H2,1H3,(H,22,23). The molecule has 0 aliphatic rings. The summed E-state index contributed by atoms with van der Waals surface area (Å²) in [7, 11) is 0. The van der Waals surface area contributed by atoms with Crippen molar-refractivity contribution in [1.29, 1.82) is 0 Å². The maximum absolute atomic E-state index is 11.9. The molecule has 0 atom stereocenters. The number of alkyl halides is 6. The van der Waals surface area contributed by atoms with Gasteiger partial charge in [-0.05, 0) is 12.8 Å². The summed E-state index contributed by atoms with van der Waals surface area (Å²) in [5, 5.41) is 3.81. The zero-order valence-corrected chi connectivity index (χ0v) is 30.7. The number of hydrogen-bond acceptors (Lipinski definition) is 2. The van der Waals surface area contributed by atoms with Crippen LogP contribution in [0.15, 0.2) is 0 Å². The zero-order chi connectivity index (χ0) is 36.2. The summed E-state index contributed by atoms with van der Waals surface area (Å²) in [5.74, 6) is -3.65. The van der Waals surface area contributed by atoms with Crippen molar-refractivity contribution in [2.75, 3.05) is 13.1 Å². The van der Waals surface area contributed by atoms with Crippen molar-refractivity contribution in [2.45, 2.75) is 219 Å². The first-order valence-corrected chi connectivity index (χ1v) is 19.7. The molecule has 0 unspecified atom stereocenters. The Morgan fingerprint density at radius 1 is 0.333 bits per heavy atom. The van der Waals surface area contributed by atoms with Gasteiger partial charge in [0.25, 0.3) is 0 Å². The van der Waals surface area contributed by atoms with E-state index >= 15 is 0 Å². The highest BCUT2D eigenvalue weighted by Gasteiger charge is 2.38. The maximum atomic E-state index is 11.9. The summed E-state index contributed by atoms with van der Waals surface area (Å²) in [4.78, 5) is 21.2. The van der Waals surface area contributed by atoms with Gasteiger partial charge in [0.2, 0.25) is 0 Å². The smallest absolute Gasteiger partial charge is 0.348 e. The topological polar surface area (TPSA) is 58.2 Å². The Balaban J connectivity index is 0. The van der Waals surface area contributed by atoms with Crippen molar-refractivity contribution >= 4 is 11.8 Å². The second-order valence-electron chi connectivity index (χ2n) is 13.4. The Morgan fingerprint density at radius 2 is 0.500 bits per heavy atom. The van der Waals surface area contributed by atoms with Gasteiger partial charge in [0, 0.05) is 13.1 Å². The van der Waals surface area contributed by atoms with Crippen LogP contribution in [0.3, 0.4) is 0 Å². The number of unbranched alkanes of at least 4 members (excludes halogenated alkanes) is 28. The van der Waals surface area contributed by atoms with E-state index in [-0.39, 0.29) is 13.1 Å². The van der Waals surface area contributed by atoms with Crippen LogP contribution in [0.1, 0.15) is 206 Å². The Labute approximate surface area is 290 Å². The van der Waals surface area contributed by atoms with E-state index in [1.807, 2.05) is 10.6 Å².